The predicted octanol–water partition coefficient (Wildman–Crippen LogP) is 4.90. The quantitative estimate of drug-likeness (QED) is 0.245. The first-order chi connectivity index (χ1) is 11.5. The molecule has 0 rings (SSSR count). The molecule has 0 heterocycles. The Hall–Kier alpha value is -0.910. The van der Waals surface area contributed by atoms with E-state index >= 15 is 0 Å². The van der Waals surface area contributed by atoms with Gasteiger partial charge in [-0.15, -0.1) is 0 Å². The fraction of sp³-hybridized carbons (Fsp3) is 0.842. The van der Waals surface area contributed by atoms with Crippen molar-refractivity contribution < 1.29 is 24.1 Å². The molecule has 1 N–H and O–H groups in total. The molecule has 0 amide bonds. The van der Waals surface area contributed by atoms with Gasteiger partial charge >= 0.3 is 5.97 Å². The Morgan fingerprint density at radius 3 is 1.83 bits per heavy atom. The van der Waals surface area contributed by atoms with E-state index in [9.17, 15) is 9.90 Å². The Bertz CT molecular complexity index is 335. The van der Waals surface area contributed by atoms with Crippen molar-refractivity contribution in [2.45, 2.75) is 85.0 Å². The lowest BCUT2D eigenvalue weighted by atomic mass is 10.1. The third-order valence-electron chi connectivity index (χ3n) is 3.72. The topological polar surface area (TPSA) is 65.0 Å². The summed E-state index contributed by atoms with van der Waals surface area (Å²) in [5, 5.41) is 9.48. The van der Waals surface area contributed by atoms with Gasteiger partial charge in [0.05, 0.1) is 6.42 Å². The third-order valence-corrected chi connectivity index (χ3v) is 3.72. The van der Waals surface area contributed by atoms with Crippen LogP contribution in [0.15, 0.2) is 11.6 Å². The van der Waals surface area contributed by atoms with Crippen LogP contribution >= 0.6 is 0 Å². The number of hydrogen-bond acceptors (Lipinski definition) is 4. The summed E-state index contributed by atoms with van der Waals surface area (Å²) in [6.07, 6.45) is 9.75. The second-order valence-corrected chi connectivity index (χ2v) is 5.75. The van der Waals surface area contributed by atoms with Gasteiger partial charge in [0, 0.05) is 25.4 Å². The van der Waals surface area contributed by atoms with E-state index in [1.807, 2.05) is 20.8 Å². The standard InChI is InChI=1S/C19H36O5/c1-5-9-10-11-12-13-14-15-17(18(20)21)16-19(22-6-2,23-7-3)24-8-4/h15H,5-14,16H2,1-4H3,(H,20,21). The molecule has 5 nitrogen and oxygen atoms in total. The lowest BCUT2D eigenvalue weighted by Gasteiger charge is -2.32. The molecule has 0 aromatic heterocycles. The summed E-state index contributed by atoms with van der Waals surface area (Å²) in [5.41, 5.74) is 0.291. The van der Waals surface area contributed by atoms with Crippen molar-refractivity contribution in [3.8, 4) is 0 Å². The Balaban J connectivity index is 4.69. The van der Waals surface area contributed by atoms with Crippen molar-refractivity contribution in [1.29, 1.82) is 0 Å². The van der Waals surface area contributed by atoms with E-state index in [-0.39, 0.29) is 6.42 Å². The minimum atomic E-state index is -1.30. The van der Waals surface area contributed by atoms with Crippen LogP contribution in [0.4, 0.5) is 0 Å². The maximum absolute atomic E-state index is 11.6. The van der Waals surface area contributed by atoms with Crippen LogP contribution in [0.3, 0.4) is 0 Å². The largest absolute Gasteiger partial charge is 0.478 e. The highest BCUT2D eigenvalue weighted by Gasteiger charge is 2.35. The Labute approximate surface area is 147 Å². The van der Waals surface area contributed by atoms with Crippen LogP contribution in [0.2, 0.25) is 0 Å². The number of hydrogen-bond donors (Lipinski definition) is 1. The van der Waals surface area contributed by atoms with Crippen LogP contribution < -0.4 is 0 Å². The molecule has 0 aromatic carbocycles. The van der Waals surface area contributed by atoms with Crippen molar-refractivity contribution in [2.24, 2.45) is 0 Å². The number of rotatable bonds is 16. The molecule has 0 saturated heterocycles. The van der Waals surface area contributed by atoms with Gasteiger partial charge < -0.3 is 19.3 Å². The van der Waals surface area contributed by atoms with Gasteiger partial charge in [0.2, 0.25) is 0 Å². The molecule has 0 unspecified atom stereocenters. The number of carbonyl (C=O) groups is 1. The molecular weight excluding hydrogens is 308 g/mol. The van der Waals surface area contributed by atoms with E-state index < -0.39 is 11.9 Å². The summed E-state index contributed by atoms with van der Waals surface area (Å²) in [6.45, 7) is 8.90. The van der Waals surface area contributed by atoms with E-state index in [4.69, 9.17) is 14.2 Å². The van der Waals surface area contributed by atoms with Gasteiger partial charge in [-0.2, -0.15) is 0 Å². The molecule has 0 spiro atoms. The SMILES string of the molecule is CCCCCCCCC=C(CC(OCC)(OCC)OCC)C(=O)O. The molecular formula is C19H36O5. The van der Waals surface area contributed by atoms with Gasteiger partial charge in [0.1, 0.15) is 0 Å². The zero-order valence-electron chi connectivity index (χ0n) is 15.9. The number of aliphatic carboxylic acids is 1. The molecule has 24 heavy (non-hydrogen) atoms. The van der Waals surface area contributed by atoms with Crippen molar-refractivity contribution in [3.05, 3.63) is 11.6 Å². The zero-order valence-corrected chi connectivity index (χ0v) is 15.9. The molecule has 5 heteroatoms. The van der Waals surface area contributed by atoms with Crippen molar-refractivity contribution in [3.63, 3.8) is 0 Å². The highest BCUT2D eigenvalue weighted by Crippen LogP contribution is 2.26. The van der Waals surface area contributed by atoms with Gasteiger partial charge in [0.15, 0.2) is 0 Å². The average molecular weight is 344 g/mol. The first-order valence-corrected chi connectivity index (χ1v) is 9.39. The van der Waals surface area contributed by atoms with E-state index in [2.05, 4.69) is 6.92 Å². The minimum absolute atomic E-state index is 0.0910. The Morgan fingerprint density at radius 1 is 0.875 bits per heavy atom. The fourth-order valence-electron chi connectivity index (χ4n) is 2.61. The summed E-state index contributed by atoms with van der Waals surface area (Å²) in [4.78, 5) is 11.6. The molecule has 0 saturated carbocycles. The summed E-state index contributed by atoms with van der Waals surface area (Å²) >= 11 is 0. The smallest absolute Gasteiger partial charge is 0.331 e. The van der Waals surface area contributed by atoms with Crippen molar-refractivity contribution >= 4 is 5.97 Å². The minimum Gasteiger partial charge on any atom is -0.478 e. The molecule has 0 fully saturated rings. The predicted molar refractivity (Wildman–Crippen MR) is 95.9 cm³/mol. The first-order valence-electron chi connectivity index (χ1n) is 9.39. The van der Waals surface area contributed by atoms with Gasteiger partial charge in [-0.25, -0.2) is 4.79 Å². The molecule has 142 valence electrons. The van der Waals surface area contributed by atoms with Crippen LogP contribution in [0.5, 0.6) is 0 Å². The maximum Gasteiger partial charge on any atom is 0.331 e. The van der Waals surface area contributed by atoms with E-state index in [0.29, 0.717) is 25.4 Å². The fourth-order valence-corrected chi connectivity index (χ4v) is 2.61. The number of carboxylic acid groups (broad SMARTS) is 1. The zero-order chi connectivity index (χ0) is 18.3. The molecule has 0 aliphatic carbocycles. The Kier molecular flexibility index (Phi) is 13.9. The van der Waals surface area contributed by atoms with Crippen LogP contribution in [-0.2, 0) is 19.0 Å². The maximum atomic E-state index is 11.6. The van der Waals surface area contributed by atoms with E-state index in [1.165, 1.54) is 25.7 Å². The molecule has 0 aromatic rings. The van der Waals surface area contributed by atoms with Gasteiger partial charge in [-0.1, -0.05) is 45.1 Å². The average Bonchev–Trinajstić information content (AvgIpc) is 2.53. The second kappa shape index (κ2) is 14.4. The summed E-state index contributed by atoms with van der Waals surface area (Å²) in [5.74, 6) is -2.24. The summed E-state index contributed by atoms with van der Waals surface area (Å²) in [6, 6.07) is 0. The molecule has 0 bridgehead atoms. The number of carboxylic acids is 1. The number of unbranched alkanes of at least 4 members (excludes halogenated alkanes) is 6. The van der Waals surface area contributed by atoms with Crippen LogP contribution in [0.25, 0.3) is 0 Å². The van der Waals surface area contributed by atoms with Gasteiger partial charge in [0.25, 0.3) is 5.97 Å². The van der Waals surface area contributed by atoms with Gasteiger partial charge in [-0.05, 0) is 33.6 Å². The monoisotopic (exact) mass is 344 g/mol. The molecule has 0 aliphatic heterocycles. The molecule has 0 radical (unpaired) electrons. The lowest BCUT2D eigenvalue weighted by Crippen LogP contribution is -2.40. The second-order valence-electron chi connectivity index (χ2n) is 5.75. The third kappa shape index (κ3) is 10.1. The van der Waals surface area contributed by atoms with Crippen LogP contribution in [0.1, 0.15) is 79.1 Å². The lowest BCUT2D eigenvalue weighted by molar-refractivity contribution is -0.375. The molecule has 0 aliphatic rings. The highest BCUT2D eigenvalue weighted by atomic mass is 16.9. The number of ether oxygens (including phenoxy) is 3. The van der Waals surface area contributed by atoms with Crippen LogP contribution in [0, 0.1) is 0 Å². The summed E-state index contributed by atoms with van der Waals surface area (Å²) in [7, 11) is 0. The van der Waals surface area contributed by atoms with E-state index in [1.54, 1.807) is 6.08 Å². The van der Waals surface area contributed by atoms with Crippen molar-refractivity contribution in [2.75, 3.05) is 19.8 Å². The van der Waals surface area contributed by atoms with Crippen molar-refractivity contribution in [1.82, 2.24) is 0 Å². The first kappa shape index (κ1) is 23.1. The summed E-state index contributed by atoms with van der Waals surface area (Å²) < 4.78 is 16.8. The normalized spacial score (nSPS) is 12.6. The highest BCUT2D eigenvalue weighted by molar-refractivity contribution is 5.86. The number of allylic oxidation sites excluding steroid dienone is 1. The molecule has 0 atom stereocenters. The Morgan fingerprint density at radius 2 is 1.38 bits per heavy atom. The van der Waals surface area contributed by atoms with Gasteiger partial charge in [-0.3, -0.25) is 0 Å². The van der Waals surface area contributed by atoms with Crippen LogP contribution in [-0.4, -0.2) is 36.9 Å². The van der Waals surface area contributed by atoms with E-state index in [0.717, 1.165) is 19.3 Å².